The average Bonchev–Trinajstić information content (AvgIpc) is 2.41. The first-order valence-corrected chi connectivity index (χ1v) is 9.55. The van der Waals surface area contributed by atoms with Crippen LogP contribution < -0.4 is 0 Å². The number of rotatable bonds is 15. The van der Waals surface area contributed by atoms with Crippen LogP contribution in [0.2, 0.25) is 0 Å². The van der Waals surface area contributed by atoms with Crippen LogP contribution in [-0.2, 0) is 4.74 Å². The van der Waals surface area contributed by atoms with Gasteiger partial charge in [-0.3, -0.25) is 0 Å². The smallest absolute Gasteiger partial charge is 0.0597 e. The zero-order chi connectivity index (χ0) is 14.3. The summed E-state index contributed by atoms with van der Waals surface area (Å²) in [7, 11) is 0. The van der Waals surface area contributed by atoms with Gasteiger partial charge in [-0.25, -0.2) is 0 Å². The molecule has 0 radical (unpaired) electrons. The molecule has 0 aromatic carbocycles. The van der Waals surface area contributed by atoms with E-state index >= 15 is 0 Å². The average molecular weight is 283 g/mol. The largest absolute Gasteiger partial charge is 0.378 e. The van der Waals surface area contributed by atoms with Crippen LogP contribution in [0.3, 0.4) is 0 Å². The minimum Gasteiger partial charge on any atom is -0.378 e. The molecule has 1 saturated heterocycles. The maximum Gasteiger partial charge on any atom is 0.0597 e. The molecule has 0 aromatic rings. The zero-order valence-electron chi connectivity index (χ0n) is 14.0. The van der Waals surface area contributed by atoms with Crippen molar-refractivity contribution in [3.63, 3.8) is 0 Å². The monoisotopic (exact) mass is 282 g/mol. The van der Waals surface area contributed by atoms with Crippen molar-refractivity contribution in [1.29, 1.82) is 0 Å². The lowest BCUT2D eigenvalue weighted by atomic mass is 10.0. The van der Waals surface area contributed by atoms with Crippen LogP contribution in [0.1, 0.15) is 110 Å². The molecule has 1 nitrogen and oxygen atoms in total. The van der Waals surface area contributed by atoms with Crippen LogP contribution in [0.15, 0.2) is 0 Å². The molecule has 20 heavy (non-hydrogen) atoms. The number of hydrogen-bond donors (Lipinski definition) is 0. The van der Waals surface area contributed by atoms with Crippen LogP contribution in [0.25, 0.3) is 0 Å². The molecule has 1 heterocycles. The Balaban J connectivity index is 1.62. The van der Waals surface area contributed by atoms with Gasteiger partial charge in [-0.05, 0) is 12.8 Å². The zero-order valence-corrected chi connectivity index (χ0v) is 14.0. The van der Waals surface area contributed by atoms with Crippen molar-refractivity contribution < 1.29 is 4.74 Å². The van der Waals surface area contributed by atoms with Gasteiger partial charge < -0.3 is 4.74 Å². The molecule has 1 rings (SSSR count). The highest BCUT2D eigenvalue weighted by atomic mass is 16.5. The summed E-state index contributed by atoms with van der Waals surface area (Å²) < 4.78 is 5.44. The standard InChI is InChI=1S/C19H38O/c1-2-3-4-5-6-7-8-9-10-11-12-13-14-15-16-19-17-18-20-19/h19H,2-18H2,1H3. The third kappa shape index (κ3) is 10.7. The highest BCUT2D eigenvalue weighted by Crippen LogP contribution is 2.19. The molecule has 0 saturated carbocycles. The Kier molecular flexibility index (Phi) is 12.5. The fourth-order valence-electron chi connectivity index (χ4n) is 3.08. The molecule has 1 aliphatic heterocycles. The van der Waals surface area contributed by atoms with E-state index in [0.717, 1.165) is 6.61 Å². The molecule has 0 amide bonds. The van der Waals surface area contributed by atoms with Crippen LogP contribution >= 0.6 is 0 Å². The van der Waals surface area contributed by atoms with Crippen molar-refractivity contribution in [3.05, 3.63) is 0 Å². The summed E-state index contributed by atoms with van der Waals surface area (Å²) >= 11 is 0. The topological polar surface area (TPSA) is 9.23 Å². The highest BCUT2D eigenvalue weighted by molar-refractivity contribution is 4.65. The van der Waals surface area contributed by atoms with E-state index in [2.05, 4.69) is 6.92 Å². The number of unbranched alkanes of at least 4 members (excludes halogenated alkanes) is 13. The second-order valence-corrected chi connectivity index (χ2v) is 6.67. The Morgan fingerprint density at radius 3 is 1.40 bits per heavy atom. The predicted octanol–water partition coefficient (Wildman–Crippen LogP) is 6.65. The van der Waals surface area contributed by atoms with Gasteiger partial charge in [0.2, 0.25) is 0 Å². The van der Waals surface area contributed by atoms with Crippen LogP contribution in [-0.4, -0.2) is 12.7 Å². The molecule has 0 N–H and O–H groups in total. The number of ether oxygens (including phenoxy) is 1. The molecular weight excluding hydrogens is 244 g/mol. The lowest BCUT2D eigenvalue weighted by molar-refractivity contribution is -0.0555. The van der Waals surface area contributed by atoms with Crippen LogP contribution in [0, 0.1) is 0 Å². The summed E-state index contributed by atoms with van der Waals surface area (Å²) in [6.07, 6.45) is 23.6. The van der Waals surface area contributed by atoms with Gasteiger partial charge in [0.1, 0.15) is 0 Å². The summed E-state index contributed by atoms with van der Waals surface area (Å²) in [4.78, 5) is 0. The Morgan fingerprint density at radius 1 is 0.650 bits per heavy atom. The van der Waals surface area contributed by atoms with E-state index in [1.165, 1.54) is 103 Å². The van der Waals surface area contributed by atoms with E-state index in [1.54, 1.807) is 0 Å². The van der Waals surface area contributed by atoms with Gasteiger partial charge in [-0.1, -0.05) is 96.8 Å². The molecule has 0 aromatic heterocycles. The van der Waals surface area contributed by atoms with Crippen molar-refractivity contribution >= 4 is 0 Å². The first-order chi connectivity index (χ1) is 9.93. The van der Waals surface area contributed by atoms with Crippen LogP contribution in [0.4, 0.5) is 0 Å². The van der Waals surface area contributed by atoms with E-state index in [4.69, 9.17) is 4.74 Å². The SMILES string of the molecule is CCCCCCCCCCCCCCCCC1CCO1. The molecule has 0 spiro atoms. The van der Waals surface area contributed by atoms with E-state index < -0.39 is 0 Å². The summed E-state index contributed by atoms with van der Waals surface area (Å²) in [5, 5.41) is 0. The van der Waals surface area contributed by atoms with E-state index in [0.29, 0.717) is 6.10 Å². The van der Waals surface area contributed by atoms with Gasteiger partial charge in [-0.2, -0.15) is 0 Å². The maximum atomic E-state index is 5.44. The second-order valence-electron chi connectivity index (χ2n) is 6.67. The second kappa shape index (κ2) is 13.9. The molecule has 0 aliphatic carbocycles. The lowest BCUT2D eigenvalue weighted by Gasteiger charge is -2.26. The minimum absolute atomic E-state index is 0.632. The van der Waals surface area contributed by atoms with E-state index in [1.807, 2.05) is 0 Å². The first kappa shape index (κ1) is 18.0. The molecule has 1 heteroatoms. The lowest BCUT2D eigenvalue weighted by Crippen LogP contribution is -2.26. The maximum absolute atomic E-state index is 5.44. The highest BCUT2D eigenvalue weighted by Gasteiger charge is 2.16. The van der Waals surface area contributed by atoms with Crippen molar-refractivity contribution in [3.8, 4) is 0 Å². The Hall–Kier alpha value is -0.0400. The van der Waals surface area contributed by atoms with Gasteiger partial charge in [0.05, 0.1) is 6.10 Å². The van der Waals surface area contributed by atoms with Crippen LogP contribution in [0.5, 0.6) is 0 Å². The first-order valence-electron chi connectivity index (χ1n) is 9.55. The van der Waals surface area contributed by atoms with E-state index in [-0.39, 0.29) is 0 Å². The van der Waals surface area contributed by atoms with Crippen molar-refractivity contribution in [2.75, 3.05) is 6.61 Å². The Bertz CT molecular complexity index is 186. The fraction of sp³-hybridized carbons (Fsp3) is 1.00. The van der Waals surface area contributed by atoms with Crippen molar-refractivity contribution in [1.82, 2.24) is 0 Å². The van der Waals surface area contributed by atoms with Gasteiger partial charge >= 0.3 is 0 Å². The van der Waals surface area contributed by atoms with Gasteiger partial charge in [0.15, 0.2) is 0 Å². The third-order valence-corrected chi connectivity index (χ3v) is 4.67. The Morgan fingerprint density at radius 2 is 1.05 bits per heavy atom. The molecule has 1 atom stereocenters. The molecule has 1 unspecified atom stereocenters. The summed E-state index contributed by atoms with van der Waals surface area (Å²) in [5.41, 5.74) is 0. The Labute approximate surface area is 127 Å². The summed E-state index contributed by atoms with van der Waals surface area (Å²) in [6, 6.07) is 0. The summed E-state index contributed by atoms with van der Waals surface area (Å²) in [5.74, 6) is 0. The quantitative estimate of drug-likeness (QED) is 0.306. The predicted molar refractivity (Wildman–Crippen MR) is 89.3 cm³/mol. The fourth-order valence-corrected chi connectivity index (χ4v) is 3.08. The van der Waals surface area contributed by atoms with Gasteiger partial charge in [0.25, 0.3) is 0 Å². The van der Waals surface area contributed by atoms with Crippen molar-refractivity contribution in [2.45, 2.75) is 116 Å². The minimum atomic E-state index is 0.632. The summed E-state index contributed by atoms with van der Waals surface area (Å²) in [6.45, 7) is 3.31. The normalized spacial score (nSPS) is 18.1. The molecule has 1 fully saturated rings. The molecule has 1 aliphatic rings. The van der Waals surface area contributed by atoms with E-state index in [9.17, 15) is 0 Å². The van der Waals surface area contributed by atoms with Gasteiger partial charge in [0, 0.05) is 6.61 Å². The van der Waals surface area contributed by atoms with Crippen molar-refractivity contribution in [2.24, 2.45) is 0 Å². The molecule has 120 valence electrons. The third-order valence-electron chi connectivity index (χ3n) is 4.67. The molecule has 0 bridgehead atoms. The van der Waals surface area contributed by atoms with Gasteiger partial charge in [-0.15, -0.1) is 0 Å². The molecular formula is C19H38O. The number of hydrogen-bond acceptors (Lipinski definition) is 1.